The Morgan fingerprint density at radius 2 is 1.56 bits per heavy atom. The Balaban J connectivity index is 1.97. The number of hydrogen-bond donors (Lipinski definition) is 1. The molecule has 0 unspecified atom stereocenters. The number of carbonyl (C=O) groups is 2. The minimum atomic E-state index is -4.05. The van der Waals surface area contributed by atoms with E-state index < -0.39 is 28.5 Å². The van der Waals surface area contributed by atoms with E-state index in [0.29, 0.717) is 25.1 Å². The molecule has 0 saturated heterocycles. The van der Waals surface area contributed by atoms with Gasteiger partial charge in [0.15, 0.2) is 0 Å². The molecule has 8 heteroatoms. The van der Waals surface area contributed by atoms with Gasteiger partial charge >= 0.3 is 0 Å². The topological polar surface area (TPSA) is 86.8 Å². The molecule has 0 aliphatic rings. The van der Waals surface area contributed by atoms with Crippen LogP contribution in [0.1, 0.15) is 44.2 Å². The minimum absolute atomic E-state index is 0.0968. The predicted molar refractivity (Wildman–Crippen MR) is 156 cm³/mol. The number of sulfonamides is 1. The number of rotatable bonds is 14. The Hall–Kier alpha value is -3.65. The zero-order chi connectivity index (χ0) is 28.3. The predicted octanol–water partition coefficient (Wildman–Crippen LogP) is 4.96. The summed E-state index contributed by atoms with van der Waals surface area (Å²) in [4.78, 5) is 28.8. The normalized spacial score (nSPS) is 12.0. The maximum Gasteiger partial charge on any atom is 0.264 e. The Labute approximate surface area is 232 Å². The van der Waals surface area contributed by atoms with Gasteiger partial charge in [-0.25, -0.2) is 8.42 Å². The highest BCUT2D eigenvalue weighted by Gasteiger charge is 2.33. The SMILES string of the molecule is CCCCNC(=O)[C@@H](CC)N(CCc1ccccc1)C(=O)CN(c1cccc(C)c1)S(=O)(=O)c1ccccc1. The van der Waals surface area contributed by atoms with Crippen molar-refractivity contribution in [2.75, 3.05) is 23.9 Å². The van der Waals surface area contributed by atoms with Crippen molar-refractivity contribution in [1.82, 2.24) is 10.2 Å². The van der Waals surface area contributed by atoms with Gasteiger partial charge in [0.1, 0.15) is 12.6 Å². The largest absolute Gasteiger partial charge is 0.354 e. The second kappa shape index (κ2) is 14.5. The Morgan fingerprint density at radius 3 is 2.18 bits per heavy atom. The van der Waals surface area contributed by atoms with Crippen molar-refractivity contribution in [2.24, 2.45) is 0 Å². The molecule has 1 N–H and O–H groups in total. The van der Waals surface area contributed by atoms with Gasteiger partial charge in [0, 0.05) is 13.1 Å². The monoisotopic (exact) mass is 549 g/mol. The third-order valence-electron chi connectivity index (χ3n) is 6.60. The standard InChI is InChI=1S/C31H39N3O4S/c1-4-6-21-32-31(36)29(5-2)33(22-20-26-15-9-7-10-16-26)30(35)24-34(27-17-13-14-25(3)23-27)39(37,38)28-18-11-8-12-19-28/h7-19,23,29H,4-6,20-22,24H2,1-3H3,(H,32,36)/t29-/m1/s1. The van der Waals surface area contributed by atoms with Gasteiger partial charge in [-0.05, 0) is 61.6 Å². The van der Waals surface area contributed by atoms with Gasteiger partial charge in [-0.2, -0.15) is 0 Å². The number of hydrogen-bond acceptors (Lipinski definition) is 4. The third kappa shape index (κ3) is 8.17. The van der Waals surface area contributed by atoms with Crippen LogP contribution in [0.2, 0.25) is 0 Å². The fourth-order valence-electron chi connectivity index (χ4n) is 4.43. The molecule has 7 nitrogen and oxygen atoms in total. The Bertz CT molecular complexity index is 1310. The average molecular weight is 550 g/mol. The van der Waals surface area contributed by atoms with Crippen LogP contribution in [0.15, 0.2) is 89.8 Å². The number of unbranched alkanes of at least 4 members (excludes halogenated alkanes) is 1. The molecule has 0 aliphatic heterocycles. The molecule has 0 aromatic heterocycles. The van der Waals surface area contributed by atoms with Gasteiger partial charge in [0.05, 0.1) is 10.6 Å². The van der Waals surface area contributed by atoms with Crippen LogP contribution in [-0.2, 0) is 26.0 Å². The van der Waals surface area contributed by atoms with Gasteiger partial charge in [-0.1, -0.05) is 80.9 Å². The zero-order valence-corrected chi connectivity index (χ0v) is 23.9. The lowest BCUT2D eigenvalue weighted by atomic mass is 10.1. The molecular weight excluding hydrogens is 510 g/mol. The fraction of sp³-hybridized carbons (Fsp3) is 0.355. The molecule has 3 rings (SSSR count). The van der Waals surface area contributed by atoms with Crippen molar-refractivity contribution in [3.63, 3.8) is 0 Å². The Kier molecular flexibility index (Phi) is 11.1. The lowest BCUT2D eigenvalue weighted by Crippen LogP contribution is -2.53. The molecule has 0 bridgehead atoms. The van der Waals surface area contributed by atoms with Gasteiger partial charge < -0.3 is 10.2 Å². The second-order valence-electron chi connectivity index (χ2n) is 9.56. The summed E-state index contributed by atoms with van der Waals surface area (Å²) < 4.78 is 28.8. The highest BCUT2D eigenvalue weighted by molar-refractivity contribution is 7.92. The highest BCUT2D eigenvalue weighted by Crippen LogP contribution is 2.25. The molecule has 0 radical (unpaired) electrons. The summed E-state index contributed by atoms with van der Waals surface area (Å²) >= 11 is 0. The molecule has 1 atom stereocenters. The summed E-state index contributed by atoms with van der Waals surface area (Å²) in [6, 6.07) is 24.2. The molecule has 0 fully saturated rings. The van der Waals surface area contributed by atoms with Crippen molar-refractivity contribution >= 4 is 27.5 Å². The number of aryl methyl sites for hydroxylation is 1. The van der Waals surface area contributed by atoms with E-state index in [1.54, 1.807) is 36.4 Å². The first-order chi connectivity index (χ1) is 18.8. The van der Waals surface area contributed by atoms with E-state index in [4.69, 9.17) is 0 Å². The molecule has 0 spiro atoms. The van der Waals surface area contributed by atoms with Crippen LogP contribution in [0.5, 0.6) is 0 Å². The zero-order valence-electron chi connectivity index (χ0n) is 23.0. The van der Waals surface area contributed by atoms with Crippen LogP contribution in [0.4, 0.5) is 5.69 Å². The number of amides is 2. The molecule has 3 aromatic rings. The van der Waals surface area contributed by atoms with E-state index in [1.165, 1.54) is 17.0 Å². The first-order valence-electron chi connectivity index (χ1n) is 13.5. The summed E-state index contributed by atoms with van der Waals surface area (Å²) in [5, 5.41) is 2.95. The van der Waals surface area contributed by atoms with Gasteiger partial charge in [0.25, 0.3) is 10.0 Å². The van der Waals surface area contributed by atoms with E-state index in [0.717, 1.165) is 28.3 Å². The van der Waals surface area contributed by atoms with Crippen molar-refractivity contribution in [3.8, 4) is 0 Å². The minimum Gasteiger partial charge on any atom is -0.354 e. The number of carbonyl (C=O) groups excluding carboxylic acids is 2. The number of nitrogens with zero attached hydrogens (tertiary/aromatic N) is 2. The molecule has 0 heterocycles. The van der Waals surface area contributed by atoms with Crippen LogP contribution in [-0.4, -0.2) is 50.8 Å². The highest BCUT2D eigenvalue weighted by atomic mass is 32.2. The lowest BCUT2D eigenvalue weighted by molar-refractivity contribution is -0.139. The molecular formula is C31H39N3O4S. The summed E-state index contributed by atoms with van der Waals surface area (Å²) in [5.41, 5.74) is 2.30. The summed E-state index contributed by atoms with van der Waals surface area (Å²) in [6.45, 7) is 6.19. The number of benzene rings is 3. The van der Waals surface area contributed by atoms with Crippen LogP contribution < -0.4 is 9.62 Å². The summed E-state index contributed by atoms with van der Waals surface area (Å²) in [6.07, 6.45) is 2.74. The second-order valence-corrected chi connectivity index (χ2v) is 11.4. The average Bonchev–Trinajstić information content (AvgIpc) is 2.94. The quantitative estimate of drug-likeness (QED) is 0.288. The number of nitrogens with one attached hydrogen (secondary N) is 1. The maximum absolute atomic E-state index is 14.0. The van der Waals surface area contributed by atoms with Crippen molar-refractivity contribution in [1.29, 1.82) is 0 Å². The van der Waals surface area contributed by atoms with Crippen LogP contribution in [0, 0.1) is 6.92 Å². The van der Waals surface area contributed by atoms with Crippen molar-refractivity contribution < 1.29 is 18.0 Å². The molecule has 39 heavy (non-hydrogen) atoms. The van der Waals surface area contributed by atoms with Gasteiger partial charge in [-0.3, -0.25) is 13.9 Å². The van der Waals surface area contributed by atoms with E-state index in [2.05, 4.69) is 5.32 Å². The van der Waals surface area contributed by atoms with E-state index in [-0.39, 0.29) is 17.3 Å². The van der Waals surface area contributed by atoms with Crippen LogP contribution in [0.25, 0.3) is 0 Å². The van der Waals surface area contributed by atoms with E-state index in [1.807, 2.05) is 57.2 Å². The molecule has 2 amide bonds. The van der Waals surface area contributed by atoms with Crippen molar-refractivity contribution in [2.45, 2.75) is 57.4 Å². The maximum atomic E-state index is 14.0. The van der Waals surface area contributed by atoms with Crippen LogP contribution >= 0.6 is 0 Å². The fourth-order valence-corrected chi connectivity index (χ4v) is 5.86. The van der Waals surface area contributed by atoms with Crippen molar-refractivity contribution in [3.05, 3.63) is 96.1 Å². The van der Waals surface area contributed by atoms with Crippen LogP contribution in [0.3, 0.4) is 0 Å². The molecule has 0 aliphatic carbocycles. The number of anilines is 1. The van der Waals surface area contributed by atoms with E-state index >= 15 is 0 Å². The lowest BCUT2D eigenvalue weighted by Gasteiger charge is -2.33. The third-order valence-corrected chi connectivity index (χ3v) is 8.39. The molecule has 3 aromatic carbocycles. The Morgan fingerprint density at radius 1 is 0.897 bits per heavy atom. The molecule has 208 valence electrons. The molecule has 0 saturated carbocycles. The van der Waals surface area contributed by atoms with E-state index in [9.17, 15) is 18.0 Å². The summed E-state index contributed by atoms with van der Waals surface area (Å²) in [7, 11) is -4.05. The smallest absolute Gasteiger partial charge is 0.264 e. The summed E-state index contributed by atoms with van der Waals surface area (Å²) in [5.74, 6) is -0.648. The van der Waals surface area contributed by atoms with Gasteiger partial charge in [0.2, 0.25) is 11.8 Å². The first kappa shape index (κ1) is 29.9. The van der Waals surface area contributed by atoms with Gasteiger partial charge in [-0.15, -0.1) is 0 Å². The first-order valence-corrected chi connectivity index (χ1v) is 15.0.